The molecule has 0 saturated heterocycles. The number of hydrogen-bond acceptors (Lipinski definition) is 3. The Morgan fingerprint density at radius 1 is 1.42 bits per heavy atom. The average molecular weight is 265 g/mol. The van der Waals surface area contributed by atoms with Crippen LogP contribution in [0.2, 0.25) is 0 Å². The Balaban J connectivity index is 1.97. The maximum Gasteiger partial charge on any atom is 0.224 e. The van der Waals surface area contributed by atoms with Crippen LogP contribution in [0.15, 0.2) is 0 Å². The lowest BCUT2D eigenvalue weighted by Gasteiger charge is -2.28. The molecule has 2 atom stereocenters. The van der Waals surface area contributed by atoms with E-state index in [-0.39, 0.29) is 11.9 Å². The van der Waals surface area contributed by atoms with Crippen LogP contribution in [0.25, 0.3) is 0 Å². The standard InChI is InChI=1S/C14H23N3O2/c1-9-11(10(2)17(3)16-9)8-14(19)15-12-6-4-5-7-13(12)18/h12-13,18H,4-8H2,1-3H3,(H,15,19)/t12-,13-/m0/s1. The van der Waals surface area contributed by atoms with Crippen LogP contribution in [-0.4, -0.2) is 32.9 Å². The second-order valence-electron chi connectivity index (χ2n) is 5.48. The maximum atomic E-state index is 12.1. The number of nitrogens with one attached hydrogen (secondary N) is 1. The molecule has 0 radical (unpaired) electrons. The average Bonchev–Trinajstić information content (AvgIpc) is 2.59. The topological polar surface area (TPSA) is 67.2 Å². The summed E-state index contributed by atoms with van der Waals surface area (Å²) >= 11 is 0. The number of amides is 1. The van der Waals surface area contributed by atoms with Gasteiger partial charge < -0.3 is 10.4 Å². The SMILES string of the molecule is Cc1nn(C)c(C)c1CC(=O)N[C@H]1CCCC[C@@H]1O. The van der Waals surface area contributed by atoms with Crippen molar-refractivity contribution in [3.63, 3.8) is 0 Å². The van der Waals surface area contributed by atoms with E-state index in [2.05, 4.69) is 10.4 Å². The van der Waals surface area contributed by atoms with Crippen molar-refractivity contribution in [2.75, 3.05) is 0 Å². The number of carbonyl (C=O) groups excluding carboxylic acids is 1. The molecule has 106 valence electrons. The number of aliphatic hydroxyl groups excluding tert-OH is 1. The van der Waals surface area contributed by atoms with Crippen LogP contribution < -0.4 is 5.32 Å². The van der Waals surface area contributed by atoms with E-state index < -0.39 is 6.10 Å². The third kappa shape index (κ3) is 3.15. The molecule has 1 amide bonds. The van der Waals surface area contributed by atoms with Crippen molar-refractivity contribution in [3.05, 3.63) is 17.0 Å². The fourth-order valence-electron chi connectivity index (χ4n) is 2.77. The normalized spacial score (nSPS) is 23.4. The number of hydrogen-bond donors (Lipinski definition) is 2. The fraction of sp³-hybridized carbons (Fsp3) is 0.714. The second kappa shape index (κ2) is 5.74. The van der Waals surface area contributed by atoms with Gasteiger partial charge in [-0.05, 0) is 26.7 Å². The number of carbonyl (C=O) groups is 1. The lowest BCUT2D eigenvalue weighted by molar-refractivity contribution is -0.122. The molecule has 1 heterocycles. The molecule has 2 rings (SSSR count). The summed E-state index contributed by atoms with van der Waals surface area (Å²) in [6.07, 6.45) is 3.73. The number of aromatic nitrogens is 2. The van der Waals surface area contributed by atoms with E-state index in [0.717, 1.165) is 42.6 Å². The van der Waals surface area contributed by atoms with Crippen LogP contribution in [0.1, 0.15) is 42.6 Å². The molecule has 2 N–H and O–H groups in total. The molecule has 1 aliphatic carbocycles. The summed E-state index contributed by atoms with van der Waals surface area (Å²) in [6.45, 7) is 3.89. The minimum atomic E-state index is -0.395. The van der Waals surface area contributed by atoms with Gasteiger partial charge in [0.1, 0.15) is 0 Å². The highest BCUT2D eigenvalue weighted by atomic mass is 16.3. The fourth-order valence-corrected chi connectivity index (χ4v) is 2.77. The molecule has 0 spiro atoms. The molecule has 0 unspecified atom stereocenters. The van der Waals surface area contributed by atoms with Crippen molar-refractivity contribution in [1.29, 1.82) is 0 Å². The van der Waals surface area contributed by atoms with Gasteiger partial charge >= 0.3 is 0 Å². The van der Waals surface area contributed by atoms with E-state index in [1.165, 1.54) is 0 Å². The number of rotatable bonds is 3. The van der Waals surface area contributed by atoms with E-state index in [1.807, 2.05) is 20.9 Å². The molecule has 5 heteroatoms. The first kappa shape index (κ1) is 14.1. The van der Waals surface area contributed by atoms with Crippen molar-refractivity contribution >= 4 is 5.91 Å². The van der Waals surface area contributed by atoms with Gasteiger partial charge in [-0.15, -0.1) is 0 Å². The van der Waals surface area contributed by atoms with E-state index in [1.54, 1.807) is 4.68 Å². The van der Waals surface area contributed by atoms with Crippen molar-refractivity contribution in [1.82, 2.24) is 15.1 Å². The van der Waals surface area contributed by atoms with Crippen LogP contribution >= 0.6 is 0 Å². The maximum absolute atomic E-state index is 12.1. The molecule has 0 aromatic carbocycles. The predicted octanol–water partition coefficient (Wildman–Crippen LogP) is 0.999. The Labute approximate surface area is 114 Å². The van der Waals surface area contributed by atoms with Crippen LogP contribution in [0.5, 0.6) is 0 Å². The zero-order chi connectivity index (χ0) is 14.0. The van der Waals surface area contributed by atoms with Crippen LogP contribution in [-0.2, 0) is 18.3 Å². The third-order valence-corrected chi connectivity index (χ3v) is 4.07. The largest absolute Gasteiger partial charge is 0.391 e. The van der Waals surface area contributed by atoms with Gasteiger partial charge in [-0.25, -0.2) is 0 Å². The minimum Gasteiger partial charge on any atom is -0.391 e. The smallest absolute Gasteiger partial charge is 0.224 e. The van der Waals surface area contributed by atoms with Gasteiger partial charge in [0.15, 0.2) is 0 Å². The molecule has 1 saturated carbocycles. The van der Waals surface area contributed by atoms with Crippen molar-refractivity contribution in [3.8, 4) is 0 Å². The van der Waals surface area contributed by atoms with E-state index in [9.17, 15) is 9.90 Å². The van der Waals surface area contributed by atoms with Crippen molar-refractivity contribution < 1.29 is 9.90 Å². The predicted molar refractivity (Wildman–Crippen MR) is 72.8 cm³/mol. The van der Waals surface area contributed by atoms with Gasteiger partial charge in [-0.3, -0.25) is 9.48 Å². The van der Waals surface area contributed by atoms with Gasteiger partial charge in [-0.1, -0.05) is 12.8 Å². The first-order chi connectivity index (χ1) is 8.99. The third-order valence-electron chi connectivity index (χ3n) is 4.07. The van der Waals surface area contributed by atoms with Crippen molar-refractivity contribution in [2.45, 2.75) is 58.1 Å². The molecule has 5 nitrogen and oxygen atoms in total. The zero-order valence-corrected chi connectivity index (χ0v) is 11.9. The highest BCUT2D eigenvalue weighted by Crippen LogP contribution is 2.19. The molecule has 19 heavy (non-hydrogen) atoms. The molecule has 1 aromatic heterocycles. The van der Waals surface area contributed by atoms with Crippen LogP contribution in [0, 0.1) is 13.8 Å². The summed E-state index contributed by atoms with van der Waals surface area (Å²) in [4.78, 5) is 12.1. The molecule has 1 aliphatic rings. The van der Waals surface area contributed by atoms with Gasteiger partial charge in [-0.2, -0.15) is 5.10 Å². The summed E-state index contributed by atoms with van der Waals surface area (Å²) in [7, 11) is 1.88. The molecule has 0 aliphatic heterocycles. The second-order valence-corrected chi connectivity index (χ2v) is 5.48. The highest BCUT2D eigenvalue weighted by molar-refractivity contribution is 5.79. The zero-order valence-electron chi connectivity index (χ0n) is 11.9. The Bertz CT molecular complexity index is 468. The highest BCUT2D eigenvalue weighted by Gasteiger charge is 2.25. The Kier molecular flexibility index (Phi) is 4.24. The van der Waals surface area contributed by atoms with Crippen molar-refractivity contribution in [2.24, 2.45) is 7.05 Å². The van der Waals surface area contributed by atoms with Gasteiger partial charge in [0.25, 0.3) is 0 Å². The summed E-state index contributed by atoms with van der Waals surface area (Å²) in [5.41, 5.74) is 2.92. The molecular formula is C14H23N3O2. The first-order valence-electron chi connectivity index (χ1n) is 6.95. The lowest BCUT2D eigenvalue weighted by atomic mass is 9.92. The molecule has 1 aromatic rings. The number of nitrogens with zero attached hydrogens (tertiary/aromatic N) is 2. The summed E-state index contributed by atoms with van der Waals surface area (Å²) in [5, 5.41) is 17.1. The minimum absolute atomic E-state index is 0.0230. The first-order valence-corrected chi connectivity index (χ1v) is 6.95. The number of aryl methyl sites for hydroxylation is 2. The molecule has 1 fully saturated rings. The van der Waals surface area contributed by atoms with Gasteiger partial charge in [0, 0.05) is 18.3 Å². The summed E-state index contributed by atoms with van der Waals surface area (Å²) in [5.74, 6) is -0.0230. The summed E-state index contributed by atoms with van der Waals surface area (Å²) < 4.78 is 1.80. The quantitative estimate of drug-likeness (QED) is 0.856. The monoisotopic (exact) mass is 265 g/mol. The van der Waals surface area contributed by atoms with Gasteiger partial charge in [0.2, 0.25) is 5.91 Å². The Hall–Kier alpha value is -1.36. The van der Waals surface area contributed by atoms with E-state index in [0.29, 0.717) is 6.42 Å². The molecule has 0 bridgehead atoms. The Morgan fingerprint density at radius 3 is 2.68 bits per heavy atom. The Morgan fingerprint density at radius 2 is 2.11 bits per heavy atom. The summed E-state index contributed by atoms with van der Waals surface area (Å²) in [6, 6.07) is -0.0847. The van der Waals surface area contributed by atoms with Gasteiger partial charge in [0.05, 0.1) is 24.3 Å². The lowest BCUT2D eigenvalue weighted by Crippen LogP contribution is -2.45. The number of aliphatic hydroxyl groups is 1. The van der Waals surface area contributed by atoms with Crippen LogP contribution in [0.3, 0.4) is 0 Å². The van der Waals surface area contributed by atoms with E-state index in [4.69, 9.17) is 0 Å². The molecular weight excluding hydrogens is 242 g/mol. The van der Waals surface area contributed by atoms with Crippen LogP contribution in [0.4, 0.5) is 0 Å². The van der Waals surface area contributed by atoms with E-state index >= 15 is 0 Å².